The molecule has 0 unspecified atom stereocenters. The Labute approximate surface area is 133 Å². The van der Waals surface area contributed by atoms with Crippen molar-refractivity contribution in [1.82, 2.24) is 10.3 Å². The van der Waals surface area contributed by atoms with E-state index in [1.165, 1.54) is 0 Å². The standard InChI is InChI=1S/C12H16BrN3O.2ClH/c13-10-5-9(6-15-7-10)11(17)16-12(8-14)3-1-2-4-12;;/h5-7H,1-4,8,14H2,(H,16,17);2*1H. The summed E-state index contributed by atoms with van der Waals surface area (Å²) >= 11 is 3.31. The van der Waals surface area contributed by atoms with Gasteiger partial charge in [-0.3, -0.25) is 9.78 Å². The predicted octanol–water partition coefficient (Wildman–Crippen LogP) is 2.69. The molecule has 19 heavy (non-hydrogen) atoms. The maximum atomic E-state index is 12.1. The maximum absolute atomic E-state index is 12.1. The fraction of sp³-hybridized carbons (Fsp3) is 0.500. The minimum Gasteiger partial charge on any atom is -0.345 e. The zero-order valence-electron chi connectivity index (χ0n) is 10.4. The van der Waals surface area contributed by atoms with Crippen LogP contribution in [0.2, 0.25) is 0 Å². The van der Waals surface area contributed by atoms with Gasteiger partial charge in [-0.15, -0.1) is 24.8 Å². The van der Waals surface area contributed by atoms with E-state index in [2.05, 4.69) is 26.2 Å². The summed E-state index contributed by atoms with van der Waals surface area (Å²) in [5.41, 5.74) is 6.15. The molecule has 0 radical (unpaired) electrons. The van der Waals surface area contributed by atoms with Gasteiger partial charge in [-0.1, -0.05) is 12.8 Å². The summed E-state index contributed by atoms with van der Waals surface area (Å²) in [5.74, 6) is -0.0915. The van der Waals surface area contributed by atoms with Crippen molar-refractivity contribution in [2.45, 2.75) is 31.2 Å². The van der Waals surface area contributed by atoms with Crippen LogP contribution in [0.1, 0.15) is 36.0 Å². The Hall–Kier alpha value is -0.360. The predicted molar refractivity (Wildman–Crippen MR) is 84.2 cm³/mol. The molecular formula is C12H18BrCl2N3O. The minimum absolute atomic E-state index is 0. The molecule has 1 saturated carbocycles. The number of amides is 1. The van der Waals surface area contributed by atoms with Crippen LogP contribution in [-0.2, 0) is 0 Å². The lowest BCUT2D eigenvalue weighted by Gasteiger charge is -2.28. The Morgan fingerprint density at radius 2 is 2.00 bits per heavy atom. The highest BCUT2D eigenvalue weighted by Gasteiger charge is 2.34. The van der Waals surface area contributed by atoms with Gasteiger partial charge in [0, 0.05) is 23.4 Å². The molecule has 1 heterocycles. The molecule has 3 N–H and O–H groups in total. The SMILES string of the molecule is Cl.Cl.NCC1(NC(=O)c2cncc(Br)c2)CCCC1. The number of nitrogens with zero attached hydrogens (tertiary/aromatic N) is 1. The van der Waals surface area contributed by atoms with Crippen molar-refractivity contribution in [2.75, 3.05) is 6.54 Å². The van der Waals surface area contributed by atoms with Gasteiger partial charge in [0.2, 0.25) is 0 Å². The van der Waals surface area contributed by atoms with Gasteiger partial charge >= 0.3 is 0 Å². The second-order valence-electron chi connectivity index (χ2n) is 4.54. The van der Waals surface area contributed by atoms with Crippen LogP contribution in [0.15, 0.2) is 22.9 Å². The zero-order chi connectivity index (χ0) is 12.3. The molecule has 0 saturated heterocycles. The smallest absolute Gasteiger partial charge is 0.253 e. The van der Waals surface area contributed by atoms with E-state index in [4.69, 9.17) is 5.73 Å². The highest BCUT2D eigenvalue weighted by molar-refractivity contribution is 9.10. The van der Waals surface area contributed by atoms with Crippen molar-refractivity contribution < 1.29 is 4.79 Å². The summed E-state index contributed by atoms with van der Waals surface area (Å²) in [5, 5.41) is 3.06. The first kappa shape index (κ1) is 18.6. The van der Waals surface area contributed by atoms with Gasteiger partial charge in [0.15, 0.2) is 0 Å². The molecule has 1 aliphatic rings. The van der Waals surface area contributed by atoms with E-state index in [-0.39, 0.29) is 36.3 Å². The number of nitrogens with one attached hydrogen (secondary N) is 1. The van der Waals surface area contributed by atoms with E-state index in [0.29, 0.717) is 12.1 Å². The van der Waals surface area contributed by atoms with Crippen molar-refractivity contribution >= 4 is 46.7 Å². The number of pyridine rings is 1. The largest absolute Gasteiger partial charge is 0.345 e. The third-order valence-electron chi connectivity index (χ3n) is 3.30. The monoisotopic (exact) mass is 369 g/mol. The molecular weight excluding hydrogens is 353 g/mol. The lowest BCUT2D eigenvalue weighted by Crippen LogP contribution is -2.51. The van der Waals surface area contributed by atoms with Gasteiger partial charge < -0.3 is 11.1 Å². The molecule has 108 valence electrons. The fourth-order valence-corrected chi connectivity index (χ4v) is 2.65. The topological polar surface area (TPSA) is 68.0 Å². The van der Waals surface area contributed by atoms with Gasteiger partial charge in [-0.25, -0.2) is 0 Å². The molecule has 1 amide bonds. The van der Waals surface area contributed by atoms with Crippen LogP contribution in [-0.4, -0.2) is 23.0 Å². The third kappa shape index (κ3) is 4.60. The zero-order valence-corrected chi connectivity index (χ0v) is 13.6. The number of aromatic nitrogens is 1. The van der Waals surface area contributed by atoms with Crippen LogP contribution in [0.4, 0.5) is 0 Å². The molecule has 0 aliphatic heterocycles. The van der Waals surface area contributed by atoms with Gasteiger partial charge in [-0.2, -0.15) is 0 Å². The number of carbonyl (C=O) groups excluding carboxylic acids is 1. The lowest BCUT2D eigenvalue weighted by molar-refractivity contribution is 0.0902. The molecule has 1 aromatic rings. The molecule has 7 heteroatoms. The van der Waals surface area contributed by atoms with E-state index < -0.39 is 0 Å². The van der Waals surface area contributed by atoms with Crippen molar-refractivity contribution in [3.8, 4) is 0 Å². The van der Waals surface area contributed by atoms with Crippen LogP contribution in [0.3, 0.4) is 0 Å². The summed E-state index contributed by atoms with van der Waals surface area (Å²) in [4.78, 5) is 16.1. The summed E-state index contributed by atoms with van der Waals surface area (Å²) < 4.78 is 0.804. The number of hydrogen-bond donors (Lipinski definition) is 2. The van der Waals surface area contributed by atoms with Crippen LogP contribution in [0.5, 0.6) is 0 Å². The highest BCUT2D eigenvalue weighted by Crippen LogP contribution is 2.29. The number of halogens is 3. The first-order valence-electron chi connectivity index (χ1n) is 5.78. The fourth-order valence-electron chi connectivity index (χ4n) is 2.28. The number of hydrogen-bond acceptors (Lipinski definition) is 3. The average Bonchev–Trinajstić information content (AvgIpc) is 2.78. The molecule has 4 nitrogen and oxygen atoms in total. The van der Waals surface area contributed by atoms with Crippen LogP contribution < -0.4 is 11.1 Å². The molecule has 1 fully saturated rings. The quantitative estimate of drug-likeness (QED) is 0.859. The Balaban J connectivity index is 0.00000162. The van der Waals surface area contributed by atoms with Crippen molar-refractivity contribution in [1.29, 1.82) is 0 Å². The first-order valence-corrected chi connectivity index (χ1v) is 6.58. The second kappa shape index (κ2) is 8.04. The Bertz CT molecular complexity index is 425. The number of rotatable bonds is 3. The van der Waals surface area contributed by atoms with E-state index in [0.717, 1.165) is 30.2 Å². The summed E-state index contributed by atoms with van der Waals surface area (Å²) in [6.45, 7) is 0.500. The molecule has 0 bridgehead atoms. The minimum atomic E-state index is -0.209. The van der Waals surface area contributed by atoms with E-state index in [1.807, 2.05) is 0 Å². The van der Waals surface area contributed by atoms with Crippen molar-refractivity contribution in [3.63, 3.8) is 0 Å². The lowest BCUT2D eigenvalue weighted by atomic mass is 9.97. The van der Waals surface area contributed by atoms with Crippen LogP contribution in [0, 0.1) is 0 Å². The van der Waals surface area contributed by atoms with Crippen LogP contribution >= 0.6 is 40.7 Å². The maximum Gasteiger partial charge on any atom is 0.253 e. The first-order chi connectivity index (χ1) is 8.15. The Morgan fingerprint density at radius 3 is 2.53 bits per heavy atom. The Morgan fingerprint density at radius 1 is 1.37 bits per heavy atom. The number of carbonyl (C=O) groups is 1. The summed E-state index contributed by atoms with van der Waals surface area (Å²) in [7, 11) is 0. The Kier molecular flexibility index (Phi) is 7.89. The van der Waals surface area contributed by atoms with E-state index in [9.17, 15) is 4.79 Å². The van der Waals surface area contributed by atoms with Gasteiger partial charge in [0.1, 0.15) is 0 Å². The molecule has 1 aromatic heterocycles. The van der Waals surface area contributed by atoms with Crippen LogP contribution in [0.25, 0.3) is 0 Å². The average molecular weight is 371 g/mol. The van der Waals surface area contributed by atoms with Crippen molar-refractivity contribution in [2.24, 2.45) is 5.73 Å². The van der Waals surface area contributed by atoms with E-state index >= 15 is 0 Å². The highest BCUT2D eigenvalue weighted by atomic mass is 79.9. The third-order valence-corrected chi connectivity index (χ3v) is 3.73. The molecule has 0 aromatic carbocycles. The normalized spacial score (nSPS) is 16.1. The second-order valence-corrected chi connectivity index (χ2v) is 5.45. The summed E-state index contributed by atoms with van der Waals surface area (Å²) in [6.07, 6.45) is 7.43. The molecule has 1 aliphatic carbocycles. The number of nitrogens with two attached hydrogens (primary N) is 1. The van der Waals surface area contributed by atoms with Gasteiger partial charge in [0.25, 0.3) is 5.91 Å². The van der Waals surface area contributed by atoms with Gasteiger partial charge in [0.05, 0.1) is 11.1 Å². The summed E-state index contributed by atoms with van der Waals surface area (Å²) in [6, 6.07) is 1.77. The molecule has 0 atom stereocenters. The van der Waals surface area contributed by atoms with E-state index in [1.54, 1.807) is 18.5 Å². The molecule has 2 rings (SSSR count). The van der Waals surface area contributed by atoms with Gasteiger partial charge in [-0.05, 0) is 34.8 Å². The van der Waals surface area contributed by atoms with Crippen molar-refractivity contribution in [3.05, 3.63) is 28.5 Å². The molecule has 0 spiro atoms.